The first-order chi connectivity index (χ1) is 21.1. The van der Waals surface area contributed by atoms with E-state index in [1.807, 2.05) is 0 Å². The number of quaternary nitrogens is 1. The molecule has 0 amide bonds. The molecule has 0 aromatic heterocycles. The Balaban J connectivity index is 1.38. The summed E-state index contributed by atoms with van der Waals surface area (Å²) in [4.78, 5) is 2.37. The predicted molar refractivity (Wildman–Crippen MR) is 185 cm³/mol. The summed E-state index contributed by atoms with van der Waals surface area (Å²) in [5.41, 5.74) is 9.73. The van der Waals surface area contributed by atoms with Crippen molar-refractivity contribution in [1.82, 2.24) is 0 Å². The van der Waals surface area contributed by atoms with Crippen LogP contribution in [0.3, 0.4) is 0 Å². The van der Waals surface area contributed by atoms with Gasteiger partial charge >= 0.3 is 0 Å². The Bertz CT molecular complexity index is 1680. The Morgan fingerprint density at radius 1 is 0.419 bits per heavy atom. The molecule has 6 aromatic rings. The highest BCUT2D eigenvalue weighted by atomic mass is 15.3. The molecule has 0 spiro atoms. The van der Waals surface area contributed by atoms with Gasteiger partial charge in [0.25, 0.3) is 0 Å². The molecule has 0 aliphatic heterocycles. The van der Waals surface area contributed by atoms with Gasteiger partial charge < -0.3 is 9.38 Å². The van der Waals surface area contributed by atoms with Crippen LogP contribution < -0.4 is 4.90 Å². The molecule has 43 heavy (non-hydrogen) atoms. The van der Waals surface area contributed by atoms with Crippen molar-refractivity contribution in [2.75, 3.05) is 24.5 Å². The molecule has 2 heteroatoms. The lowest BCUT2D eigenvalue weighted by Crippen LogP contribution is -2.46. The van der Waals surface area contributed by atoms with Crippen molar-refractivity contribution in [3.8, 4) is 22.3 Å². The van der Waals surface area contributed by atoms with Crippen LogP contribution in [0.5, 0.6) is 0 Å². The molecule has 0 aliphatic rings. The molecule has 0 saturated carbocycles. The van der Waals surface area contributed by atoms with E-state index >= 15 is 0 Å². The average molecular weight is 562 g/mol. The highest BCUT2D eigenvalue weighted by molar-refractivity contribution is 5.90. The van der Waals surface area contributed by atoms with Gasteiger partial charge in [0.05, 0.1) is 19.6 Å². The highest BCUT2D eigenvalue weighted by Gasteiger charge is 2.21. The topological polar surface area (TPSA) is 3.24 Å². The minimum Gasteiger partial charge on any atom is -0.321 e. The van der Waals surface area contributed by atoms with Gasteiger partial charge in [0, 0.05) is 22.6 Å². The van der Waals surface area contributed by atoms with Crippen molar-refractivity contribution in [1.29, 1.82) is 0 Å². The SMILES string of the molecule is CC[N+](CC)(CC)Cc1ccc2cc(N(c3ccc(-c4ccccc4)cc3)c3ccc(-c4ccccc4)cc3)ccc2c1. The molecule has 0 fully saturated rings. The summed E-state index contributed by atoms with van der Waals surface area (Å²) < 4.78 is 1.12. The zero-order chi connectivity index (χ0) is 29.6. The number of hydrogen-bond acceptors (Lipinski definition) is 1. The van der Waals surface area contributed by atoms with Gasteiger partial charge in [0.1, 0.15) is 6.54 Å². The average Bonchev–Trinajstić information content (AvgIpc) is 3.09. The second-order valence-corrected chi connectivity index (χ2v) is 11.5. The third-order valence-electron chi connectivity index (χ3n) is 9.14. The maximum Gasteiger partial charge on any atom is 0.104 e. The van der Waals surface area contributed by atoms with E-state index in [-0.39, 0.29) is 0 Å². The summed E-state index contributed by atoms with van der Waals surface area (Å²) >= 11 is 0. The van der Waals surface area contributed by atoms with Gasteiger partial charge in [0.2, 0.25) is 0 Å². The van der Waals surface area contributed by atoms with E-state index in [0.717, 1.165) is 47.7 Å². The number of rotatable bonds is 10. The smallest absolute Gasteiger partial charge is 0.104 e. The minimum absolute atomic E-state index is 1.08. The van der Waals surface area contributed by atoms with Crippen LogP contribution in [0.2, 0.25) is 0 Å². The largest absolute Gasteiger partial charge is 0.321 e. The van der Waals surface area contributed by atoms with Gasteiger partial charge in [-0.3, -0.25) is 0 Å². The molecule has 0 N–H and O–H groups in total. The Morgan fingerprint density at radius 2 is 0.837 bits per heavy atom. The van der Waals surface area contributed by atoms with Gasteiger partial charge in [-0.2, -0.15) is 0 Å². The molecular formula is C41H41N2+. The van der Waals surface area contributed by atoms with E-state index in [4.69, 9.17) is 0 Å². The normalized spacial score (nSPS) is 11.5. The van der Waals surface area contributed by atoms with Crippen LogP contribution in [0, 0.1) is 0 Å². The van der Waals surface area contributed by atoms with Gasteiger partial charge in [-0.05, 0) is 96.3 Å². The molecule has 6 aromatic carbocycles. The predicted octanol–water partition coefficient (Wildman–Crippen LogP) is 11.0. The first-order valence-electron chi connectivity index (χ1n) is 15.6. The summed E-state index contributed by atoms with van der Waals surface area (Å²) in [7, 11) is 0. The molecular weight excluding hydrogens is 520 g/mol. The summed E-state index contributed by atoms with van der Waals surface area (Å²) in [6, 6.07) is 52.9. The first-order valence-corrected chi connectivity index (χ1v) is 15.6. The Labute approximate surface area is 257 Å². The van der Waals surface area contributed by atoms with Crippen molar-refractivity contribution in [3.63, 3.8) is 0 Å². The van der Waals surface area contributed by atoms with Crippen molar-refractivity contribution in [3.05, 3.63) is 151 Å². The summed E-state index contributed by atoms with van der Waals surface area (Å²) in [5.74, 6) is 0. The number of fused-ring (bicyclic) bond motifs is 1. The molecule has 6 rings (SSSR count). The van der Waals surface area contributed by atoms with Gasteiger partial charge in [0.15, 0.2) is 0 Å². The fraction of sp³-hybridized carbons (Fsp3) is 0.171. The second-order valence-electron chi connectivity index (χ2n) is 11.5. The van der Waals surface area contributed by atoms with Gasteiger partial charge in [-0.1, -0.05) is 103 Å². The summed E-state index contributed by atoms with van der Waals surface area (Å²) in [5, 5.41) is 2.55. The maximum absolute atomic E-state index is 2.39. The molecule has 0 atom stereocenters. The van der Waals surface area contributed by atoms with Crippen molar-refractivity contribution in [2.45, 2.75) is 27.3 Å². The van der Waals surface area contributed by atoms with Crippen LogP contribution in [0.15, 0.2) is 146 Å². The van der Waals surface area contributed by atoms with E-state index in [9.17, 15) is 0 Å². The van der Waals surface area contributed by atoms with E-state index in [1.165, 1.54) is 38.6 Å². The maximum atomic E-state index is 2.39. The molecule has 0 unspecified atom stereocenters. The zero-order valence-corrected chi connectivity index (χ0v) is 25.6. The summed E-state index contributed by atoms with van der Waals surface area (Å²) in [6.45, 7) is 11.5. The lowest BCUT2D eigenvalue weighted by Gasteiger charge is -2.36. The fourth-order valence-corrected chi connectivity index (χ4v) is 6.23. The third-order valence-corrected chi connectivity index (χ3v) is 9.14. The number of nitrogens with zero attached hydrogens (tertiary/aromatic N) is 2. The van der Waals surface area contributed by atoms with E-state index in [2.05, 4.69) is 171 Å². The molecule has 0 saturated heterocycles. The van der Waals surface area contributed by atoms with Crippen LogP contribution in [-0.4, -0.2) is 24.1 Å². The zero-order valence-electron chi connectivity index (χ0n) is 25.6. The van der Waals surface area contributed by atoms with Crippen LogP contribution in [0.1, 0.15) is 26.3 Å². The van der Waals surface area contributed by atoms with Gasteiger partial charge in [-0.15, -0.1) is 0 Å². The molecule has 0 heterocycles. The standard InChI is InChI=1S/C41H41N2/c1-4-43(5-2,6-3)31-32-17-18-38-30-41(28-23-37(38)29-32)42(39-24-19-35(20-25-39)33-13-9-7-10-14-33)40-26-21-36(22-27-40)34-15-11-8-12-16-34/h7-30H,4-6,31H2,1-3H3/q+1. The lowest BCUT2D eigenvalue weighted by molar-refractivity contribution is -0.936. The molecule has 0 aliphatic carbocycles. The lowest BCUT2D eigenvalue weighted by atomic mass is 10.0. The number of benzene rings is 6. The first kappa shape index (κ1) is 28.5. The van der Waals surface area contributed by atoms with E-state index in [0.29, 0.717) is 0 Å². The van der Waals surface area contributed by atoms with Crippen LogP contribution >= 0.6 is 0 Å². The summed E-state index contributed by atoms with van der Waals surface area (Å²) in [6.07, 6.45) is 0. The quantitative estimate of drug-likeness (QED) is 0.150. The van der Waals surface area contributed by atoms with E-state index < -0.39 is 0 Å². The molecule has 2 nitrogen and oxygen atoms in total. The van der Waals surface area contributed by atoms with E-state index in [1.54, 1.807) is 0 Å². The Hall–Kier alpha value is -4.66. The van der Waals surface area contributed by atoms with Crippen LogP contribution in [0.25, 0.3) is 33.0 Å². The van der Waals surface area contributed by atoms with Crippen LogP contribution in [-0.2, 0) is 6.54 Å². The van der Waals surface area contributed by atoms with Crippen LogP contribution in [0.4, 0.5) is 17.1 Å². The monoisotopic (exact) mass is 561 g/mol. The van der Waals surface area contributed by atoms with Gasteiger partial charge in [-0.25, -0.2) is 0 Å². The molecule has 214 valence electrons. The second kappa shape index (κ2) is 12.7. The Morgan fingerprint density at radius 3 is 1.33 bits per heavy atom. The fourth-order valence-electron chi connectivity index (χ4n) is 6.23. The molecule has 0 bridgehead atoms. The minimum atomic E-state index is 1.08. The van der Waals surface area contributed by atoms with Crippen molar-refractivity contribution < 1.29 is 4.48 Å². The third kappa shape index (κ3) is 6.11. The number of hydrogen-bond donors (Lipinski definition) is 0. The highest BCUT2D eigenvalue weighted by Crippen LogP contribution is 2.38. The van der Waals surface area contributed by atoms with Crippen molar-refractivity contribution >= 4 is 27.8 Å². The molecule has 0 radical (unpaired) electrons. The number of anilines is 3. The Kier molecular flexibility index (Phi) is 8.40. The van der Waals surface area contributed by atoms with Crippen molar-refractivity contribution in [2.24, 2.45) is 0 Å².